The molecule has 1 aromatic heterocycles. The fraction of sp³-hybridized carbons (Fsp3) is 0.545. The smallest absolute Gasteiger partial charge is 0.123 e. The Labute approximate surface area is 89.7 Å². The average Bonchev–Trinajstić information content (AvgIpc) is 2.45. The molecule has 2 heterocycles. The van der Waals surface area contributed by atoms with E-state index in [4.69, 9.17) is 5.73 Å². The van der Waals surface area contributed by atoms with Crippen molar-refractivity contribution in [1.82, 2.24) is 9.88 Å². The maximum absolute atomic E-state index is 10.3. The Morgan fingerprint density at radius 3 is 3.07 bits per heavy atom. The highest BCUT2D eigenvalue weighted by Crippen LogP contribution is 2.24. The molecule has 1 aliphatic heterocycles. The van der Waals surface area contributed by atoms with E-state index < -0.39 is 5.60 Å². The molecule has 0 radical (unpaired) electrons. The van der Waals surface area contributed by atoms with Crippen LogP contribution < -0.4 is 5.73 Å². The van der Waals surface area contributed by atoms with Crippen LogP contribution in [0.25, 0.3) is 0 Å². The van der Waals surface area contributed by atoms with Crippen molar-refractivity contribution in [2.24, 2.45) is 0 Å². The number of nitrogens with zero attached hydrogens (tertiary/aromatic N) is 2. The second-order valence-electron chi connectivity index (χ2n) is 4.48. The number of aliphatic hydroxyl groups is 1. The summed E-state index contributed by atoms with van der Waals surface area (Å²) in [5.74, 6) is 0.516. The molecule has 1 fully saturated rings. The number of hydrogen-bond donors (Lipinski definition) is 2. The van der Waals surface area contributed by atoms with Crippen molar-refractivity contribution in [2.75, 3.05) is 25.9 Å². The first kappa shape index (κ1) is 10.4. The molecule has 0 aromatic carbocycles. The van der Waals surface area contributed by atoms with Crippen molar-refractivity contribution < 1.29 is 5.11 Å². The molecule has 0 amide bonds. The number of nitrogens with two attached hydrogens (primary N) is 1. The number of pyridine rings is 1. The van der Waals surface area contributed by atoms with Crippen LogP contribution in [0.15, 0.2) is 18.3 Å². The first-order chi connectivity index (χ1) is 7.07. The van der Waals surface area contributed by atoms with E-state index >= 15 is 0 Å². The van der Waals surface area contributed by atoms with E-state index in [1.807, 2.05) is 19.2 Å². The summed E-state index contributed by atoms with van der Waals surface area (Å²) in [6.45, 7) is 1.69. The number of rotatable bonds is 2. The van der Waals surface area contributed by atoms with E-state index in [1.54, 1.807) is 6.20 Å². The maximum atomic E-state index is 10.3. The Kier molecular flexibility index (Phi) is 2.63. The van der Waals surface area contributed by atoms with E-state index in [9.17, 15) is 5.11 Å². The SMILES string of the molecule is CN1CCC(O)(Cc2ccnc(N)c2)C1. The van der Waals surface area contributed by atoms with Crippen LogP contribution >= 0.6 is 0 Å². The predicted octanol–water partition coefficient (Wildman–Crippen LogP) is 0.273. The number of likely N-dealkylation sites (tertiary alicyclic amines) is 1. The highest BCUT2D eigenvalue weighted by molar-refractivity contribution is 5.32. The lowest BCUT2D eigenvalue weighted by Crippen LogP contribution is -2.34. The summed E-state index contributed by atoms with van der Waals surface area (Å²) < 4.78 is 0. The largest absolute Gasteiger partial charge is 0.388 e. The Morgan fingerprint density at radius 1 is 1.67 bits per heavy atom. The van der Waals surface area contributed by atoms with Gasteiger partial charge in [-0.25, -0.2) is 4.98 Å². The van der Waals surface area contributed by atoms with Gasteiger partial charge in [-0.1, -0.05) is 0 Å². The third-order valence-corrected chi connectivity index (χ3v) is 2.90. The lowest BCUT2D eigenvalue weighted by atomic mass is 9.94. The van der Waals surface area contributed by atoms with E-state index in [1.165, 1.54) is 0 Å². The van der Waals surface area contributed by atoms with Gasteiger partial charge in [-0.3, -0.25) is 0 Å². The second kappa shape index (κ2) is 3.79. The first-order valence-electron chi connectivity index (χ1n) is 5.19. The second-order valence-corrected chi connectivity index (χ2v) is 4.48. The standard InChI is InChI=1S/C11H17N3O/c1-14-5-3-11(15,8-14)7-9-2-4-13-10(12)6-9/h2,4,6,15H,3,5,7-8H2,1H3,(H2,12,13). The fourth-order valence-corrected chi connectivity index (χ4v) is 2.19. The van der Waals surface area contributed by atoms with Crippen molar-refractivity contribution in [1.29, 1.82) is 0 Å². The van der Waals surface area contributed by atoms with Crippen LogP contribution in [0.4, 0.5) is 5.82 Å². The molecule has 0 aliphatic carbocycles. The predicted molar refractivity (Wildman–Crippen MR) is 59.4 cm³/mol. The van der Waals surface area contributed by atoms with Crippen LogP contribution in [0.2, 0.25) is 0 Å². The molecule has 1 atom stereocenters. The molecule has 15 heavy (non-hydrogen) atoms. The summed E-state index contributed by atoms with van der Waals surface area (Å²) in [7, 11) is 2.03. The van der Waals surface area contributed by atoms with Gasteiger partial charge in [0.1, 0.15) is 5.82 Å². The normalized spacial score (nSPS) is 27.1. The molecule has 1 aliphatic rings. The maximum Gasteiger partial charge on any atom is 0.123 e. The van der Waals surface area contributed by atoms with Crippen molar-refractivity contribution in [3.8, 4) is 0 Å². The number of aromatic nitrogens is 1. The zero-order valence-electron chi connectivity index (χ0n) is 8.98. The third-order valence-electron chi connectivity index (χ3n) is 2.90. The van der Waals surface area contributed by atoms with Gasteiger partial charge in [0.2, 0.25) is 0 Å². The van der Waals surface area contributed by atoms with Crippen molar-refractivity contribution in [3.63, 3.8) is 0 Å². The topological polar surface area (TPSA) is 62.4 Å². The van der Waals surface area contributed by atoms with Gasteiger partial charge in [-0.05, 0) is 31.2 Å². The average molecular weight is 207 g/mol. The summed E-state index contributed by atoms with van der Waals surface area (Å²) in [4.78, 5) is 6.08. The van der Waals surface area contributed by atoms with Gasteiger partial charge in [0.25, 0.3) is 0 Å². The zero-order chi connectivity index (χ0) is 10.9. The van der Waals surface area contributed by atoms with Gasteiger partial charge in [-0.2, -0.15) is 0 Å². The molecule has 3 N–H and O–H groups in total. The van der Waals surface area contributed by atoms with E-state index in [2.05, 4.69) is 9.88 Å². The van der Waals surface area contributed by atoms with Crippen LogP contribution in [0.3, 0.4) is 0 Å². The Balaban J connectivity index is 2.08. The molecule has 0 bridgehead atoms. The zero-order valence-corrected chi connectivity index (χ0v) is 8.98. The number of hydrogen-bond acceptors (Lipinski definition) is 4. The van der Waals surface area contributed by atoms with Crippen LogP contribution in [0.5, 0.6) is 0 Å². The van der Waals surface area contributed by atoms with Crippen molar-refractivity contribution >= 4 is 5.82 Å². The number of likely N-dealkylation sites (N-methyl/N-ethyl adjacent to an activating group) is 1. The molecule has 2 rings (SSSR count). The molecule has 1 aromatic rings. The molecule has 0 saturated carbocycles. The first-order valence-corrected chi connectivity index (χ1v) is 5.19. The summed E-state index contributed by atoms with van der Waals surface area (Å²) in [6.07, 6.45) is 3.17. The molecule has 0 spiro atoms. The quantitative estimate of drug-likeness (QED) is 0.731. The number of anilines is 1. The van der Waals surface area contributed by atoms with Gasteiger partial charge in [-0.15, -0.1) is 0 Å². The molecule has 4 heteroatoms. The van der Waals surface area contributed by atoms with E-state index in [-0.39, 0.29) is 0 Å². The monoisotopic (exact) mass is 207 g/mol. The Bertz CT molecular complexity index is 355. The fourth-order valence-electron chi connectivity index (χ4n) is 2.19. The van der Waals surface area contributed by atoms with Crippen LogP contribution in [0.1, 0.15) is 12.0 Å². The lowest BCUT2D eigenvalue weighted by molar-refractivity contribution is 0.0523. The summed E-state index contributed by atoms with van der Waals surface area (Å²) in [6, 6.07) is 3.74. The van der Waals surface area contributed by atoms with Gasteiger partial charge in [0.05, 0.1) is 5.60 Å². The highest BCUT2D eigenvalue weighted by Gasteiger charge is 2.34. The number of β-amino-alcohol motifs (C(OH)–C–C–N with tert-alkyl or cyclic N) is 1. The summed E-state index contributed by atoms with van der Waals surface area (Å²) in [5.41, 5.74) is 6.06. The minimum absolute atomic E-state index is 0.516. The van der Waals surface area contributed by atoms with Gasteiger partial charge >= 0.3 is 0 Å². The third kappa shape index (κ3) is 2.46. The molecule has 1 unspecified atom stereocenters. The highest BCUT2D eigenvalue weighted by atomic mass is 16.3. The Morgan fingerprint density at radius 2 is 2.47 bits per heavy atom. The lowest BCUT2D eigenvalue weighted by Gasteiger charge is -2.22. The van der Waals surface area contributed by atoms with Crippen molar-refractivity contribution in [3.05, 3.63) is 23.9 Å². The van der Waals surface area contributed by atoms with Crippen LogP contribution in [0, 0.1) is 0 Å². The van der Waals surface area contributed by atoms with Crippen molar-refractivity contribution in [2.45, 2.75) is 18.4 Å². The van der Waals surface area contributed by atoms with E-state index in [0.29, 0.717) is 12.2 Å². The molecular weight excluding hydrogens is 190 g/mol. The molecule has 82 valence electrons. The summed E-state index contributed by atoms with van der Waals surface area (Å²) in [5, 5.41) is 10.3. The molecule has 1 saturated heterocycles. The van der Waals surface area contributed by atoms with Crippen LogP contribution in [-0.4, -0.2) is 40.7 Å². The van der Waals surface area contributed by atoms with Gasteiger partial charge < -0.3 is 15.7 Å². The molecule has 4 nitrogen and oxygen atoms in total. The minimum atomic E-state index is -0.595. The minimum Gasteiger partial charge on any atom is -0.388 e. The van der Waals surface area contributed by atoms with Gasteiger partial charge in [0.15, 0.2) is 0 Å². The summed E-state index contributed by atoms with van der Waals surface area (Å²) >= 11 is 0. The van der Waals surface area contributed by atoms with E-state index in [0.717, 1.165) is 25.1 Å². The number of nitrogen functional groups attached to an aromatic ring is 1. The molecular formula is C11H17N3O. The van der Waals surface area contributed by atoms with Gasteiger partial charge in [0, 0.05) is 25.7 Å². The van der Waals surface area contributed by atoms with Crippen LogP contribution in [-0.2, 0) is 6.42 Å². The Hall–Kier alpha value is -1.13.